The molecule has 4 nitrogen and oxygen atoms in total. The lowest BCUT2D eigenvalue weighted by Gasteiger charge is -2.30. The first-order chi connectivity index (χ1) is 7.18. The van der Waals surface area contributed by atoms with Gasteiger partial charge in [0.15, 0.2) is 4.67 Å². The Morgan fingerprint density at radius 1 is 1.67 bits per heavy atom. The lowest BCUT2D eigenvalue weighted by atomic mass is 10.1. The molecule has 0 radical (unpaired) electrons. The summed E-state index contributed by atoms with van der Waals surface area (Å²) in [5.74, 6) is -0.00854. The maximum absolute atomic E-state index is 12.0. The Bertz CT molecular complexity index is 364. The third-order valence-corrected chi connectivity index (χ3v) is 3.21. The van der Waals surface area contributed by atoms with E-state index in [-0.39, 0.29) is 11.9 Å². The number of nitrogens with zero attached hydrogens (tertiary/aromatic N) is 1. The lowest BCUT2D eigenvalue weighted by Crippen LogP contribution is -2.45. The summed E-state index contributed by atoms with van der Waals surface area (Å²) in [4.78, 5) is 13.8. The molecule has 82 valence electrons. The van der Waals surface area contributed by atoms with Gasteiger partial charge in [-0.1, -0.05) is 0 Å². The van der Waals surface area contributed by atoms with Crippen molar-refractivity contribution in [3.05, 3.63) is 22.6 Å². The summed E-state index contributed by atoms with van der Waals surface area (Å²) in [6.45, 7) is 1.42. The molecule has 5 heteroatoms. The molecule has 2 rings (SSSR count). The highest BCUT2D eigenvalue weighted by molar-refractivity contribution is 9.10. The van der Waals surface area contributed by atoms with E-state index < -0.39 is 0 Å². The average Bonchev–Trinajstić information content (AvgIpc) is 2.63. The van der Waals surface area contributed by atoms with Crippen LogP contribution in [0.15, 0.2) is 21.4 Å². The first-order valence-corrected chi connectivity index (χ1v) is 5.75. The van der Waals surface area contributed by atoms with Gasteiger partial charge in [-0.2, -0.15) is 0 Å². The zero-order valence-corrected chi connectivity index (χ0v) is 9.87. The fourth-order valence-corrected chi connectivity index (χ4v) is 2.22. The molecule has 0 aliphatic carbocycles. The molecule has 0 spiro atoms. The predicted molar refractivity (Wildman–Crippen MR) is 59.5 cm³/mol. The molecule has 2 heterocycles. The summed E-state index contributed by atoms with van der Waals surface area (Å²) in [5, 5.41) is 0. The van der Waals surface area contributed by atoms with E-state index in [0.717, 1.165) is 19.4 Å². The molecule has 2 N–H and O–H groups in total. The maximum atomic E-state index is 12.0. The van der Waals surface area contributed by atoms with Crippen molar-refractivity contribution in [1.82, 2.24) is 4.90 Å². The van der Waals surface area contributed by atoms with Crippen LogP contribution in [-0.2, 0) is 0 Å². The second-order valence-corrected chi connectivity index (χ2v) is 4.48. The van der Waals surface area contributed by atoms with Crippen LogP contribution in [0, 0.1) is 0 Å². The van der Waals surface area contributed by atoms with Crippen molar-refractivity contribution in [3.8, 4) is 0 Å². The molecule has 0 aromatic carbocycles. The highest BCUT2D eigenvalue weighted by atomic mass is 79.9. The summed E-state index contributed by atoms with van der Waals surface area (Å²) in [6, 6.07) is 1.78. The third-order valence-electron chi connectivity index (χ3n) is 2.59. The highest BCUT2D eigenvalue weighted by Crippen LogP contribution is 2.21. The van der Waals surface area contributed by atoms with E-state index >= 15 is 0 Å². The first kappa shape index (κ1) is 10.7. The van der Waals surface area contributed by atoms with Crippen LogP contribution in [0.5, 0.6) is 0 Å². The number of carbonyl (C=O) groups excluding carboxylic acids is 1. The van der Waals surface area contributed by atoms with Crippen molar-refractivity contribution in [3.63, 3.8) is 0 Å². The normalized spacial score (nSPS) is 21.7. The number of furan rings is 1. The highest BCUT2D eigenvalue weighted by Gasteiger charge is 2.24. The number of likely N-dealkylation sites (tertiary alicyclic amines) is 1. The maximum Gasteiger partial charge on any atom is 0.258 e. The number of rotatable bonds is 1. The van der Waals surface area contributed by atoms with Crippen molar-refractivity contribution in [2.24, 2.45) is 5.73 Å². The average molecular weight is 273 g/mol. The van der Waals surface area contributed by atoms with Gasteiger partial charge in [0.1, 0.15) is 0 Å². The van der Waals surface area contributed by atoms with Gasteiger partial charge in [0.05, 0.1) is 11.8 Å². The van der Waals surface area contributed by atoms with Gasteiger partial charge in [-0.05, 0) is 34.8 Å². The second kappa shape index (κ2) is 4.37. The fraction of sp³-hybridized carbons (Fsp3) is 0.500. The minimum atomic E-state index is -0.00854. The standard InChI is InChI=1S/C10H13BrN2O2/c11-9-8(3-5-15-9)10(14)13-4-1-2-7(12)6-13/h3,5,7H,1-2,4,6,12H2/t7-/m1/s1. The monoisotopic (exact) mass is 272 g/mol. The minimum Gasteiger partial charge on any atom is -0.457 e. The molecule has 0 saturated carbocycles. The number of halogens is 1. The van der Waals surface area contributed by atoms with Gasteiger partial charge in [0, 0.05) is 19.1 Å². The smallest absolute Gasteiger partial charge is 0.258 e. The van der Waals surface area contributed by atoms with Gasteiger partial charge in [0.25, 0.3) is 5.91 Å². The van der Waals surface area contributed by atoms with E-state index in [1.807, 2.05) is 0 Å². The number of piperidine rings is 1. The van der Waals surface area contributed by atoms with Gasteiger partial charge < -0.3 is 15.1 Å². The summed E-state index contributed by atoms with van der Waals surface area (Å²) in [5.41, 5.74) is 6.40. The van der Waals surface area contributed by atoms with Gasteiger partial charge >= 0.3 is 0 Å². The second-order valence-electron chi connectivity index (χ2n) is 3.76. The summed E-state index contributed by atoms with van der Waals surface area (Å²) >= 11 is 3.20. The Morgan fingerprint density at radius 2 is 2.47 bits per heavy atom. The molecule has 1 amide bonds. The van der Waals surface area contributed by atoms with Crippen molar-refractivity contribution in [2.45, 2.75) is 18.9 Å². The van der Waals surface area contributed by atoms with Gasteiger partial charge in [0.2, 0.25) is 0 Å². The Kier molecular flexibility index (Phi) is 3.11. The van der Waals surface area contributed by atoms with Crippen molar-refractivity contribution in [1.29, 1.82) is 0 Å². The van der Waals surface area contributed by atoms with Crippen LogP contribution in [0.4, 0.5) is 0 Å². The van der Waals surface area contributed by atoms with Crippen LogP contribution >= 0.6 is 15.9 Å². The van der Waals surface area contributed by atoms with E-state index in [1.165, 1.54) is 6.26 Å². The molecular formula is C10H13BrN2O2. The number of carbonyl (C=O) groups is 1. The summed E-state index contributed by atoms with van der Waals surface area (Å²) in [6.07, 6.45) is 3.47. The van der Waals surface area contributed by atoms with Crippen LogP contribution in [0.3, 0.4) is 0 Å². The summed E-state index contributed by atoms with van der Waals surface area (Å²) < 4.78 is 5.53. The molecular weight excluding hydrogens is 260 g/mol. The van der Waals surface area contributed by atoms with E-state index in [1.54, 1.807) is 11.0 Å². The van der Waals surface area contributed by atoms with Crippen LogP contribution in [-0.4, -0.2) is 29.9 Å². The fourth-order valence-electron chi connectivity index (χ4n) is 1.81. The summed E-state index contributed by atoms with van der Waals surface area (Å²) in [7, 11) is 0. The number of hydrogen-bond acceptors (Lipinski definition) is 3. The first-order valence-electron chi connectivity index (χ1n) is 4.96. The molecule has 15 heavy (non-hydrogen) atoms. The molecule has 0 unspecified atom stereocenters. The number of nitrogens with two attached hydrogens (primary N) is 1. The molecule has 0 bridgehead atoms. The van der Waals surface area contributed by atoms with E-state index in [0.29, 0.717) is 16.8 Å². The number of amides is 1. The van der Waals surface area contributed by atoms with Crippen LogP contribution in [0.1, 0.15) is 23.2 Å². The minimum absolute atomic E-state index is 0.00854. The van der Waals surface area contributed by atoms with Crippen LogP contribution < -0.4 is 5.73 Å². The zero-order chi connectivity index (χ0) is 10.8. The van der Waals surface area contributed by atoms with Crippen molar-refractivity contribution < 1.29 is 9.21 Å². The molecule has 1 aliphatic heterocycles. The van der Waals surface area contributed by atoms with Gasteiger partial charge in [-0.15, -0.1) is 0 Å². The molecule has 1 atom stereocenters. The van der Waals surface area contributed by atoms with E-state index in [4.69, 9.17) is 10.2 Å². The SMILES string of the molecule is N[C@@H]1CCCN(C(=O)c2ccoc2Br)C1. The Balaban J connectivity index is 2.11. The van der Waals surface area contributed by atoms with Gasteiger partial charge in [-0.3, -0.25) is 4.79 Å². The predicted octanol–water partition coefficient (Wildman–Crippen LogP) is 1.61. The largest absolute Gasteiger partial charge is 0.457 e. The zero-order valence-electron chi connectivity index (χ0n) is 8.28. The molecule has 1 fully saturated rings. The van der Waals surface area contributed by atoms with Gasteiger partial charge in [-0.25, -0.2) is 0 Å². The molecule has 1 aromatic rings. The quantitative estimate of drug-likeness (QED) is 0.845. The Labute approximate surface area is 96.5 Å². The van der Waals surface area contributed by atoms with Crippen LogP contribution in [0.25, 0.3) is 0 Å². The third kappa shape index (κ3) is 2.23. The van der Waals surface area contributed by atoms with Crippen molar-refractivity contribution in [2.75, 3.05) is 13.1 Å². The molecule has 1 saturated heterocycles. The molecule has 1 aliphatic rings. The van der Waals surface area contributed by atoms with E-state index in [9.17, 15) is 4.79 Å². The lowest BCUT2D eigenvalue weighted by molar-refractivity contribution is 0.0707. The molecule has 1 aromatic heterocycles. The van der Waals surface area contributed by atoms with E-state index in [2.05, 4.69) is 15.9 Å². The van der Waals surface area contributed by atoms with Crippen LogP contribution in [0.2, 0.25) is 0 Å². The Hall–Kier alpha value is -0.810. The topological polar surface area (TPSA) is 59.5 Å². The number of hydrogen-bond donors (Lipinski definition) is 1. The Morgan fingerprint density at radius 3 is 3.07 bits per heavy atom. The van der Waals surface area contributed by atoms with Crippen molar-refractivity contribution >= 4 is 21.8 Å².